The lowest BCUT2D eigenvalue weighted by Gasteiger charge is -2.39. The number of H-pyrrole nitrogens is 1. The number of rotatable bonds is 18. The van der Waals surface area contributed by atoms with E-state index in [4.69, 9.17) is 33.7 Å². The number of hydrogen-bond acceptors (Lipinski definition) is 10. The third-order valence-corrected chi connectivity index (χ3v) is 12.0. The van der Waals surface area contributed by atoms with Gasteiger partial charge in [0.05, 0.1) is 37.1 Å². The molecular formula is C39H50IN4O8P. The summed E-state index contributed by atoms with van der Waals surface area (Å²) in [6.07, 6.45) is 0.554. The number of nitrogens with two attached hydrogens (primary N) is 1. The van der Waals surface area contributed by atoms with Crippen molar-refractivity contribution in [2.75, 3.05) is 34.0 Å². The standard InChI is InChI=1S/C39H50IN4O8P/c1-26(2)44(27(3)4)53(50-22-10-21-41)52-34-23-36(43-24-33(40)37(45)42-38(43)46)51-35(34)25-49-39(28-11-8-7-9-12-28,29-13-17-31(47-5)18-14-29)30-15-19-32(48-6)20-16-30/h7-9,11-20,24,26-27,34-36H,10,21-23,25,41H2,1-6H3,(H,42,45,46). The monoisotopic (exact) mass is 860 g/mol. The average Bonchev–Trinajstić information content (AvgIpc) is 3.56. The minimum Gasteiger partial charge on any atom is -0.497 e. The third-order valence-electron chi connectivity index (χ3n) is 9.08. The Balaban J connectivity index is 1.60. The number of aromatic amines is 1. The predicted octanol–water partition coefficient (Wildman–Crippen LogP) is 6.55. The molecule has 1 saturated heterocycles. The first kappa shape index (κ1) is 41.0. The quantitative estimate of drug-likeness (QED) is 0.0490. The maximum atomic E-state index is 13.1. The number of methoxy groups -OCH3 is 2. The SMILES string of the molecule is COc1ccc(C(OCC2OC(n3cc(I)c(=O)[nH]c3=O)CC2OP(OCCCN)N(C(C)C)C(C)C)(c2ccccc2)c2ccc(OC)cc2)cc1. The Bertz CT molecular complexity index is 1800. The molecule has 12 nitrogen and oxygen atoms in total. The molecule has 1 aliphatic rings. The smallest absolute Gasteiger partial charge is 0.330 e. The van der Waals surface area contributed by atoms with E-state index in [9.17, 15) is 9.59 Å². The number of nitrogens with one attached hydrogen (secondary N) is 1. The maximum Gasteiger partial charge on any atom is 0.330 e. The van der Waals surface area contributed by atoms with Crippen LogP contribution in [0.4, 0.5) is 0 Å². The summed E-state index contributed by atoms with van der Waals surface area (Å²) in [4.78, 5) is 27.9. The lowest BCUT2D eigenvalue weighted by molar-refractivity contribution is -0.0926. The van der Waals surface area contributed by atoms with E-state index in [1.165, 1.54) is 10.8 Å². The number of benzene rings is 3. The van der Waals surface area contributed by atoms with E-state index < -0.39 is 43.8 Å². The molecule has 5 rings (SSSR count). The Morgan fingerprint density at radius 1 is 0.925 bits per heavy atom. The van der Waals surface area contributed by atoms with Gasteiger partial charge in [-0.05, 0) is 104 Å². The molecule has 1 aliphatic heterocycles. The molecule has 14 heteroatoms. The van der Waals surface area contributed by atoms with Crippen molar-refractivity contribution in [3.63, 3.8) is 0 Å². The first-order valence-corrected chi connectivity index (χ1v) is 20.0. The summed E-state index contributed by atoms with van der Waals surface area (Å²) in [6.45, 7) is 9.43. The Hall–Kier alpha value is -3.14. The van der Waals surface area contributed by atoms with E-state index in [1.807, 2.05) is 101 Å². The van der Waals surface area contributed by atoms with Gasteiger partial charge in [-0.3, -0.25) is 14.3 Å². The highest BCUT2D eigenvalue weighted by Gasteiger charge is 2.45. The van der Waals surface area contributed by atoms with E-state index in [0.717, 1.165) is 16.7 Å². The van der Waals surface area contributed by atoms with Gasteiger partial charge in [0.2, 0.25) is 0 Å². The van der Waals surface area contributed by atoms with Crippen molar-refractivity contribution in [1.82, 2.24) is 14.2 Å². The molecule has 3 N–H and O–H groups in total. The minimum atomic E-state index is -1.57. The van der Waals surface area contributed by atoms with Gasteiger partial charge in [-0.25, -0.2) is 9.46 Å². The molecule has 1 fully saturated rings. The second-order valence-corrected chi connectivity index (χ2v) is 15.8. The van der Waals surface area contributed by atoms with Crippen LogP contribution in [-0.2, 0) is 24.1 Å². The van der Waals surface area contributed by atoms with Gasteiger partial charge in [0.1, 0.15) is 29.4 Å². The second kappa shape index (κ2) is 18.9. The van der Waals surface area contributed by atoms with E-state index in [2.05, 4.69) is 37.3 Å². The maximum absolute atomic E-state index is 13.1. The highest BCUT2D eigenvalue weighted by Crippen LogP contribution is 2.50. The molecule has 0 spiro atoms. The largest absolute Gasteiger partial charge is 0.497 e. The van der Waals surface area contributed by atoms with Crippen LogP contribution in [-0.4, -0.2) is 72.5 Å². The van der Waals surface area contributed by atoms with E-state index in [-0.39, 0.29) is 18.7 Å². The van der Waals surface area contributed by atoms with Gasteiger partial charge in [0.25, 0.3) is 14.1 Å². The van der Waals surface area contributed by atoms with Crippen LogP contribution in [0.25, 0.3) is 0 Å². The highest BCUT2D eigenvalue weighted by atomic mass is 127. The topological polar surface area (TPSA) is 140 Å². The van der Waals surface area contributed by atoms with Crippen molar-refractivity contribution in [3.8, 4) is 11.5 Å². The van der Waals surface area contributed by atoms with Gasteiger partial charge in [-0.1, -0.05) is 54.6 Å². The molecule has 0 radical (unpaired) electrons. The summed E-state index contributed by atoms with van der Waals surface area (Å²) in [7, 11) is 1.70. The Labute approximate surface area is 326 Å². The Morgan fingerprint density at radius 2 is 1.49 bits per heavy atom. The molecule has 0 amide bonds. The van der Waals surface area contributed by atoms with Crippen molar-refractivity contribution < 1.29 is 28.0 Å². The zero-order chi connectivity index (χ0) is 38.1. The average molecular weight is 861 g/mol. The van der Waals surface area contributed by atoms with Gasteiger partial charge >= 0.3 is 5.69 Å². The van der Waals surface area contributed by atoms with Gasteiger partial charge in [-0.2, -0.15) is 0 Å². The molecular weight excluding hydrogens is 810 g/mol. The molecule has 3 aromatic carbocycles. The van der Waals surface area contributed by atoms with Crippen LogP contribution in [0.5, 0.6) is 11.5 Å². The summed E-state index contributed by atoms with van der Waals surface area (Å²) in [5, 5.41) is 0. The van der Waals surface area contributed by atoms with Gasteiger partial charge in [0.15, 0.2) is 0 Å². The molecule has 4 aromatic rings. The summed E-state index contributed by atoms with van der Waals surface area (Å²) in [5.74, 6) is 1.43. The van der Waals surface area contributed by atoms with Crippen LogP contribution in [0, 0.1) is 3.57 Å². The fraction of sp³-hybridized carbons (Fsp3) is 0.436. The number of aromatic nitrogens is 2. The van der Waals surface area contributed by atoms with E-state index in [0.29, 0.717) is 41.1 Å². The lowest BCUT2D eigenvalue weighted by atomic mass is 9.80. The van der Waals surface area contributed by atoms with Crippen molar-refractivity contribution in [3.05, 3.63) is 126 Å². The number of ether oxygens (including phenoxy) is 4. The zero-order valence-corrected chi connectivity index (χ0v) is 34.1. The lowest BCUT2D eigenvalue weighted by Crippen LogP contribution is -2.39. The third kappa shape index (κ3) is 9.57. The van der Waals surface area contributed by atoms with E-state index in [1.54, 1.807) is 14.2 Å². The Morgan fingerprint density at radius 3 is 2.02 bits per heavy atom. The van der Waals surface area contributed by atoms with Crippen LogP contribution >= 0.6 is 31.1 Å². The first-order valence-electron chi connectivity index (χ1n) is 17.7. The zero-order valence-electron chi connectivity index (χ0n) is 31.1. The van der Waals surface area contributed by atoms with Crippen molar-refractivity contribution >= 4 is 31.1 Å². The normalized spacial score (nSPS) is 18.2. The molecule has 286 valence electrons. The molecule has 0 aliphatic carbocycles. The van der Waals surface area contributed by atoms with Crippen LogP contribution in [0.1, 0.15) is 63.5 Å². The fourth-order valence-electron chi connectivity index (χ4n) is 6.55. The molecule has 0 bridgehead atoms. The number of nitrogens with zero attached hydrogens (tertiary/aromatic N) is 2. The summed E-state index contributed by atoms with van der Waals surface area (Å²) < 4.78 is 42.3. The Kier molecular flexibility index (Phi) is 14.7. The minimum absolute atomic E-state index is 0.0681. The predicted molar refractivity (Wildman–Crippen MR) is 214 cm³/mol. The second-order valence-electron chi connectivity index (χ2n) is 13.2. The van der Waals surface area contributed by atoms with Gasteiger partial charge < -0.3 is 33.7 Å². The van der Waals surface area contributed by atoms with Crippen LogP contribution in [0.2, 0.25) is 0 Å². The summed E-state index contributed by atoms with van der Waals surface area (Å²) >= 11 is 1.92. The van der Waals surface area contributed by atoms with Crippen LogP contribution in [0.3, 0.4) is 0 Å². The summed E-state index contributed by atoms with van der Waals surface area (Å²) in [6, 6.07) is 25.9. The number of halogens is 1. The van der Waals surface area contributed by atoms with Crippen molar-refractivity contribution in [2.45, 2.75) is 76.7 Å². The molecule has 2 heterocycles. The van der Waals surface area contributed by atoms with Crippen molar-refractivity contribution in [1.29, 1.82) is 0 Å². The van der Waals surface area contributed by atoms with Gasteiger partial charge in [0, 0.05) is 24.7 Å². The highest BCUT2D eigenvalue weighted by molar-refractivity contribution is 14.1. The number of hydrogen-bond donors (Lipinski definition) is 2. The van der Waals surface area contributed by atoms with Crippen molar-refractivity contribution in [2.24, 2.45) is 5.73 Å². The molecule has 4 atom stereocenters. The molecule has 1 aromatic heterocycles. The molecule has 53 heavy (non-hydrogen) atoms. The van der Waals surface area contributed by atoms with Gasteiger partial charge in [-0.15, -0.1) is 0 Å². The molecule has 0 saturated carbocycles. The first-order chi connectivity index (χ1) is 25.5. The van der Waals surface area contributed by atoms with Crippen LogP contribution in [0.15, 0.2) is 94.6 Å². The summed E-state index contributed by atoms with van der Waals surface area (Å²) in [5.41, 5.74) is 6.33. The van der Waals surface area contributed by atoms with E-state index >= 15 is 0 Å². The van der Waals surface area contributed by atoms with Crippen LogP contribution < -0.4 is 26.5 Å². The molecule has 4 unspecified atom stereocenters. The fourth-order valence-corrected chi connectivity index (χ4v) is 8.79.